The van der Waals surface area contributed by atoms with Crippen LogP contribution >= 0.6 is 0 Å². The van der Waals surface area contributed by atoms with Crippen LogP contribution in [0.3, 0.4) is 0 Å². The largest absolute Gasteiger partial charge is 0.356 e. The summed E-state index contributed by atoms with van der Waals surface area (Å²) in [6.45, 7) is 3.46. The van der Waals surface area contributed by atoms with Gasteiger partial charge >= 0.3 is 0 Å². The van der Waals surface area contributed by atoms with Gasteiger partial charge in [-0.05, 0) is 12.5 Å². The normalized spacial score (nSPS) is 11.6. The lowest BCUT2D eigenvalue weighted by molar-refractivity contribution is 0.569. The topological polar surface area (TPSA) is 72.1 Å². The van der Waals surface area contributed by atoms with Crippen LogP contribution in [0.1, 0.15) is 6.42 Å². The molecule has 0 saturated carbocycles. The van der Waals surface area contributed by atoms with Gasteiger partial charge in [-0.1, -0.05) is 0 Å². The maximum Gasteiger partial charge on any atom is 0.191 e. The van der Waals surface area contributed by atoms with Gasteiger partial charge in [0.15, 0.2) is 5.96 Å². The van der Waals surface area contributed by atoms with Gasteiger partial charge in [0.2, 0.25) is 0 Å². The molecule has 0 saturated heterocycles. The van der Waals surface area contributed by atoms with Gasteiger partial charge in [-0.3, -0.25) is 9.67 Å². The standard InChI is InChI=1S/C13H21N7/c1-14-13(17-7-11-19-10-6-15-12-19)16-4-2-8-20-9-3-5-18-20/h3,5-6,9-10,12H,2,4,7-8,11H2,1H3,(H2,14,16,17). The molecule has 7 nitrogen and oxygen atoms in total. The number of imidazole rings is 1. The van der Waals surface area contributed by atoms with Crippen LogP contribution in [0.5, 0.6) is 0 Å². The molecule has 0 fully saturated rings. The van der Waals surface area contributed by atoms with Gasteiger partial charge in [-0.2, -0.15) is 5.10 Å². The van der Waals surface area contributed by atoms with Crippen LogP contribution < -0.4 is 10.6 Å². The van der Waals surface area contributed by atoms with Crippen LogP contribution in [0, 0.1) is 0 Å². The molecule has 0 spiro atoms. The number of guanidine groups is 1. The number of nitrogens with zero attached hydrogens (tertiary/aromatic N) is 5. The van der Waals surface area contributed by atoms with Crippen molar-refractivity contribution < 1.29 is 0 Å². The molecule has 108 valence electrons. The smallest absolute Gasteiger partial charge is 0.191 e. The van der Waals surface area contributed by atoms with Gasteiger partial charge in [-0.15, -0.1) is 0 Å². The van der Waals surface area contributed by atoms with E-state index in [9.17, 15) is 0 Å². The average molecular weight is 275 g/mol. The SMILES string of the molecule is CN=C(NCCCn1cccn1)NCCn1ccnc1. The van der Waals surface area contributed by atoms with Crippen molar-refractivity contribution in [1.29, 1.82) is 0 Å². The number of nitrogens with one attached hydrogen (secondary N) is 2. The van der Waals surface area contributed by atoms with Crippen LogP contribution in [-0.4, -0.2) is 45.4 Å². The van der Waals surface area contributed by atoms with Gasteiger partial charge in [0.05, 0.1) is 6.33 Å². The number of rotatable bonds is 7. The fourth-order valence-corrected chi connectivity index (χ4v) is 1.82. The quantitative estimate of drug-likeness (QED) is 0.434. The molecular formula is C13H21N7. The van der Waals surface area contributed by atoms with Crippen molar-refractivity contribution in [2.75, 3.05) is 20.1 Å². The van der Waals surface area contributed by atoms with Crippen LogP contribution in [0.4, 0.5) is 0 Å². The Morgan fingerprint density at radius 2 is 2.05 bits per heavy atom. The Kier molecular flexibility index (Phi) is 5.63. The van der Waals surface area contributed by atoms with Crippen molar-refractivity contribution in [3.05, 3.63) is 37.2 Å². The minimum absolute atomic E-state index is 0.815. The van der Waals surface area contributed by atoms with Crippen molar-refractivity contribution in [1.82, 2.24) is 30.0 Å². The second-order valence-corrected chi connectivity index (χ2v) is 4.35. The zero-order valence-corrected chi connectivity index (χ0v) is 11.7. The molecule has 0 aliphatic carbocycles. The van der Waals surface area contributed by atoms with Crippen LogP contribution in [0.25, 0.3) is 0 Å². The van der Waals surface area contributed by atoms with E-state index in [1.165, 1.54) is 0 Å². The van der Waals surface area contributed by atoms with Gasteiger partial charge < -0.3 is 15.2 Å². The number of aliphatic imine (C=N–C) groups is 1. The summed E-state index contributed by atoms with van der Waals surface area (Å²) in [5.41, 5.74) is 0. The summed E-state index contributed by atoms with van der Waals surface area (Å²) < 4.78 is 3.95. The summed E-state index contributed by atoms with van der Waals surface area (Å²) in [6.07, 6.45) is 10.3. The Labute approximate surface area is 118 Å². The monoisotopic (exact) mass is 275 g/mol. The fourth-order valence-electron chi connectivity index (χ4n) is 1.82. The number of aryl methyl sites for hydroxylation is 1. The van der Waals surface area contributed by atoms with E-state index in [0.29, 0.717) is 0 Å². The molecule has 0 atom stereocenters. The summed E-state index contributed by atoms with van der Waals surface area (Å²) >= 11 is 0. The minimum atomic E-state index is 0.815. The summed E-state index contributed by atoms with van der Waals surface area (Å²) in [5.74, 6) is 0.825. The number of hydrogen-bond acceptors (Lipinski definition) is 3. The Bertz CT molecular complexity index is 487. The van der Waals surface area contributed by atoms with Gasteiger partial charge in [0.25, 0.3) is 0 Å². The minimum Gasteiger partial charge on any atom is -0.356 e. The summed E-state index contributed by atoms with van der Waals surface area (Å²) in [5, 5.41) is 10.7. The lowest BCUT2D eigenvalue weighted by Gasteiger charge is -2.12. The first-order valence-corrected chi connectivity index (χ1v) is 6.76. The second kappa shape index (κ2) is 7.98. The first-order chi connectivity index (χ1) is 9.88. The Morgan fingerprint density at radius 3 is 2.75 bits per heavy atom. The molecule has 7 heteroatoms. The van der Waals surface area contributed by atoms with E-state index in [2.05, 4.69) is 25.7 Å². The third-order valence-corrected chi connectivity index (χ3v) is 2.86. The first kappa shape index (κ1) is 14.1. The Morgan fingerprint density at radius 1 is 1.15 bits per heavy atom. The van der Waals surface area contributed by atoms with Gasteiger partial charge in [0, 0.05) is 58.0 Å². The van der Waals surface area contributed by atoms with Gasteiger partial charge in [0.1, 0.15) is 0 Å². The molecule has 0 radical (unpaired) electrons. The molecule has 2 N–H and O–H groups in total. The highest BCUT2D eigenvalue weighted by atomic mass is 15.3. The number of hydrogen-bond donors (Lipinski definition) is 2. The Balaban J connectivity index is 1.58. The predicted molar refractivity (Wildman–Crippen MR) is 78.4 cm³/mol. The first-order valence-electron chi connectivity index (χ1n) is 6.76. The zero-order chi connectivity index (χ0) is 14.0. The van der Waals surface area contributed by atoms with Crippen LogP contribution in [0.15, 0.2) is 42.2 Å². The number of aromatic nitrogens is 4. The zero-order valence-electron chi connectivity index (χ0n) is 11.7. The maximum absolute atomic E-state index is 4.19. The highest BCUT2D eigenvalue weighted by molar-refractivity contribution is 5.79. The summed E-state index contributed by atoms with van der Waals surface area (Å²) in [7, 11) is 1.78. The molecule has 20 heavy (non-hydrogen) atoms. The van der Waals surface area contributed by atoms with E-state index in [-0.39, 0.29) is 0 Å². The Hall–Kier alpha value is -2.31. The van der Waals surface area contributed by atoms with E-state index in [0.717, 1.165) is 38.6 Å². The fraction of sp³-hybridized carbons (Fsp3) is 0.462. The second-order valence-electron chi connectivity index (χ2n) is 4.35. The van der Waals surface area contributed by atoms with E-state index in [1.807, 2.05) is 34.0 Å². The van der Waals surface area contributed by atoms with E-state index < -0.39 is 0 Å². The molecule has 0 bridgehead atoms. The van der Waals surface area contributed by atoms with Crippen molar-refractivity contribution in [2.45, 2.75) is 19.5 Å². The lowest BCUT2D eigenvalue weighted by atomic mass is 10.4. The molecule has 0 unspecified atom stereocenters. The molecule has 0 amide bonds. The maximum atomic E-state index is 4.19. The third kappa shape index (κ3) is 4.75. The molecule has 2 heterocycles. The molecule has 2 rings (SSSR count). The molecule has 0 aliphatic heterocycles. The van der Waals surface area contributed by atoms with Crippen molar-refractivity contribution in [2.24, 2.45) is 4.99 Å². The van der Waals surface area contributed by atoms with Crippen molar-refractivity contribution in [3.8, 4) is 0 Å². The van der Waals surface area contributed by atoms with E-state index in [1.54, 1.807) is 19.4 Å². The highest BCUT2D eigenvalue weighted by Gasteiger charge is 1.97. The summed E-state index contributed by atoms with van der Waals surface area (Å²) in [4.78, 5) is 8.19. The summed E-state index contributed by atoms with van der Waals surface area (Å²) in [6, 6.07) is 1.93. The molecule has 2 aromatic rings. The van der Waals surface area contributed by atoms with Gasteiger partial charge in [-0.25, -0.2) is 4.98 Å². The predicted octanol–water partition coefficient (Wildman–Crippen LogP) is 0.335. The highest BCUT2D eigenvalue weighted by Crippen LogP contribution is 1.88. The molecule has 2 aromatic heterocycles. The van der Waals surface area contributed by atoms with Crippen LogP contribution in [0.2, 0.25) is 0 Å². The molecular weight excluding hydrogens is 254 g/mol. The van der Waals surface area contributed by atoms with Crippen LogP contribution in [-0.2, 0) is 13.1 Å². The van der Waals surface area contributed by atoms with Crippen molar-refractivity contribution in [3.63, 3.8) is 0 Å². The lowest BCUT2D eigenvalue weighted by Crippen LogP contribution is -2.39. The molecule has 0 aromatic carbocycles. The molecule has 0 aliphatic rings. The third-order valence-electron chi connectivity index (χ3n) is 2.86. The van der Waals surface area contributed by atoms with E-state index >= 15 is 0 Å². The average Bonchev–Trinajstić information content (AvgIpc) is 3.14. The van der Waals surface area contributed by atoms with Crippen molar-refractivity contribution >= 4 is 5.96 Å². The van der Waals surface area contributed by atoms with E-state index in [4.69, 9.17) is 0 Å².